The number of benzene rings is 3. The smallest absolute Gasteiger partial charge is 0.262 e. The largest absolute Gasteiger partial charge is 0.497 e. The Morgan fingerprint density at radius 2 is 1.86 bits per heavy atom. The van der Waals surface area contributed by atoms with E-state index in [1.165, 1.54) is 0 Å². The number of fused-ring (bicyclic) bond motifs is 1. The fraction of sp³-hybridized carbons (Fsp3) is 0.130. The van der Waals surface area contributed by atoms with Crippen molar-refractivity contribution in [3.63, 3.8) is 0 Å². The van der Waals surface area contributed by atoms with E-state index >= 15 is 0 Å². The van der Waals surface area contributed by atoms with Gasteiger partial charge >= 0.3 is 0 Å². The van der Waals surface area contributed by atoms with Crippen LogP contribution in [0.3, 0.4) is 0 Å². The van der Waals surface area contributed by atoms with Crippen molar-refractivity contribution in [3.8, 4) is 23.0 Å². The molecule has 1 N–H and O–H groups in total. The predicted molar refractivity (Wildman–Crippen MR) is 111 cm³/mol. The van der Waals surface area contributed by atoms with Crippen LogP contribution in [0.2, 0.25) is 0 Å². The first-order valence-corrected chi connectivity index (χ1v) is 9.15. The van der Waals surface area contributed by atoms with Gasteiger partial charge < -0.3 is 19.2 Å². The van der Waals surface area contributed by atoms with E-state index in [1.54, 1.807) is 25.3 Å². The zero-order valence-corrected chi connectivity index (χ0v) is 16.1. The number of nitrogens with zero attached hydrogens (tertiary/aromatic N) is 1. The van der Waals surface area contributed by atoms with E-state index in [0.717, 1.165) is 16.9 Å². The van der Waals surface area contributed by atoms with Gasteiger partial charge in [-0.1, -0.05) is 18.2 Å². The minimum Gasteiger partial charge on any atom is -0.497 e. The highest BCUT2D eigenvalue weighted by molar-refractivity contribution is 5.94. The van der Waals surface area contributed by atoms with Crippen LogP contribution in [-0.4, -0.2) is 24.6 Å². The Hall–Kier alpha value is -3.80. The summed E-state index contributed by atoms with van der Waals surface area (Å²) in [6.45, 7) is 1.90. The molecule has 0 saturated carbocycles. The summed E-state index contributed by atoms with van der Waals surface area (Å²) in [4.78, 5) is 16.7. The lowest BCUT2D eigenvalue weighted by molar-refractivity contribution is -0.118. The molecule has 0 atom stereocenters. The lowest BCUT2D eigenvalue weighted by atomic mass is 10.2. The van der Waals surface area contributed by atoms with E-state index in [9.17, 15) is 4.79 Å². The molecule has 1 heterocycles. The summed E-state index contributed by atoms with van der Waals surface area (Å²) >= 11 is 0. The van der Waals surface area contributed by atoms with Crippen LogP contribution < -0.4 is 14.8 Å². The Labute approximate surface area is 168 Å². The third kappa shape index (κ3) is 4.38. The van der Waals surface area contributed by atoms with Crippen molar-refractivity contribution < 1.29 is 18.7 Å². The second kappa shape index (κ2) is 8.06. The molecule has 0 spiro atoms. The van der Waals surface area contributed by atoms with E-state index in [-0.39, 0.29) is 12.5 Å². The Bertz CT molecular complexity index is 1170. The number of hydrogen-bond donors (Lipinski definition) is 1. The molecule has 146 valence electrons. The maximum Gasteiger partial charge on any atom is 0.262 e. The van der Waals surface area contributed by atoms with Crippen molar-refractivity contribution in [1.29, 1.82) is 0 Å². The van der Waals surface area contributed by atoms with Gasteiger partial charge in [0.15, 0.2) is 12.2 Å². The number of aryl methyl sites for hydroxylation is 1. The normalized spacial score (nSPS) is 10.7. The highest BCUT2D eigenvalue weighted by Gasteiger charge is 2.11. The molecule has 4 rings (SSSR count). The topological polar surface area (TPSA) is 73.6 Å². The Morgan fingerprint density at radius 3 is 2.69 bits per heavy atom. The number of nitrogens with one attached hydrogen (secondary N) is 1. The molecule has 0 aliphatic heterocycles. The fourth-order valence-electron chi connectivity index (χ4n) is 2.94. The van der Waals surface area contributed by atoms with Gasteiger partial charge in [-0.2, -0.15) is 0 Å². The Morgan fingerprint density at radius 1 is 1.03 bits per heavy atom. The number of oxazole rings is 1. The van der Waals surface area contributed by atoms with Gasteiger partial charge in [0.05, 0.1) is 7.11 Å². The second-order valence-corrected chi connectivity index (χ2v) is 6.59. The maximum absolute atomic E-state index is 12.2. The first-order chi connectivity index (χ1) is 14.1. The van der Waals surface area contributed by atoms with Gasteiger partial charge in [0.25, 0.3) is 5.91 Å². The molecule has 0 fully saturated rings. The summed E-state index contributed by atoms with van der Waals surface area (Å²) in [7, 11) is 1.61. The van der Waals surface area contributed by atoms with Gasteiger partial charge in [-0.05, 0) is 61.0 Å². The van der Waals surface area contributed by atoms with Gasteiger partial charge in [0.1, 0.15) is 17.0 Å². The minimum atomic E-state index is -0.248. The molecule has 0 bridgehead atoms. The predicted octanol–water partition coefficient (Wildman–Crippen LogP) is 4.83. The summed E-state index contributed by atoms with van der Waals surface area (Å²) < 4.78 is 16.6. The molecule has 0 saturated heterocycles. The van der Waals surface area contributed by atoms with Crippen molar-refractivity contribution in [2.45, 2.75) is 6.92 Å². The number of methoxy groups -OCH3 is 1. The average Bonchev–Trinajstić information content (AvgIpc) is 3.16. The molecule has 4 aromatic rings. The summed E-state index contributed by atoms with van der Waals surface area (Å²) in [5.41, 5.74) is 3.81. The van der Waals surface area contributed by atoms with E-state index in [4.69, 9.17) is 13.9 Å². The van der Waals surface area contributed by atoms with E-state index in [2.05, 4.69) is 10.3 Å². The summed E-state index contributed by atoms with van der Waals surface area (Å²) in [5, 5.41) is 2.82. The Kier molecular flexibility index (Phi) is 5.16. The SMILES string of the molecule is COc1cccc(-c2nc3cc(NC(=O)COc4cccc(C)c4)ccc3o2)c1. The molecule has 0 unspecified atom stereocenters. The summed E-state index contributed by atoms with van der Waals surface area (Å²) in [6.07, 6.45) is 0. The lowest BCUT2D eigenvalue weighted by Gasteiger charge is -2.08. The highest BCUT2D eigenvalue weighted by Crippen LogP contribution is 2.28. The number of aromatic nitrogens is 1. The van der Waals surface area contributed by atoms with Crippen molar-refractivity contribution in [2.75, 3.05) is 19.0 Å². The van der Waals surface area contributed by atoms with Crippen LogP contribution in [0.1, 0.15) is 5.56 Å². The standard InChI is InChI=1S/C23H20N2O4/c1-15-5-3-8-19(11-15)28-14-22(26)24-17-9-10-21-20(13-17)25-23(29-21)16-6-4-7-18(12-16)27-2/h3-13H,14H2,1-2H3,(H,24,26). The van der Waals surface area contributed by atoms with Gasteiger partial charge in [0.2, 0.25) is 5.89 Å². The second-order valence-electron chi connectivity index (χ2n) is 6.59. The van der Waals surface area contributed by atoms with E-state index in [1.807, 2.05) is 55.5 Å². The Balaban J connectivity index is 1.46. The van der Waals surface area contributed by atoms with Gasteiger partial charge in [-0.3, -0.25) is 4.79 Å². The highest BCUT2D eigenvalue weighted by atomic mass is 16.5. The van der Waals surface area contributed by atoms with Gasteiger partial charge in [-0.15, -0.1) is 0 Å². The van der Waals surface area contributed by atoms with Crippen molar-refractivity contribution in [1.82, 2.24) is 4.98 Å². The van der Waals surface area contributed by atoms with Crippen molar-refractivity contribution in [2.24, 2.45) is 0 Å². The summed E-state index contributed by atoms with van der Waals surface area (Å²) in [5.74, 6) is 1.63. The van der Waals surface area contributed by atoms with Crippen molar-refractivity contribution >= 4 is 22.7 Å². The average molecular weight is 388 g/mol. The minimum absolute atomic E-state index is 0.0740. The van der Waals surface area contributed by atoms with Crippen LogP contribution in [0, 0.1) is 6.92 Å². The molecule has 0 aliphatic carbocycles. The van der Waals surface area contributed by atoms with Crippen LogP contribution in [0.25, 0.3) is 22.6 Å². The van der Waals surface area contributed by atoms with Crippen LogP contribution >= 0.6 is 0 Å². The first-order valence-electron chi connectivity index (χ1n) is 9.15. The number of amides is 1. The number of carbonyl (C=O) groups is 1. The number of rotatable bonds is 6. The zero-order valence-electron chi connectivity index (χ0n) is 16.1. The monoisotopic (exact) mass is 388 g/mol. The van der Waals surface area contributed by atoms with Crippen LogP contribution in [-0.2, 0) is 4.79 Å². The lowest BCUT2D eigenvalue weighted by Crippen LogP contribution is -2.20. The third-order valence-electron chi connectivity index (χ3n) is 4.35. The first kappa shape index (κ1) is 18.6. The molecule has 1 aromatic heterocycles. The fourth-order valence-corrected chi connectivity index (χ4v) is 2.94. The van der Waals surface area contributed by atoms with Gasteiger partial charge in [0, 0.05) is 11.3 Å². The molecular weight excluding hydrogens is 368 g/mol. The molecule has 6 nitrogen and oxygen atoms in total. The number of anilines is 1. The third-order valence-corrected chi connectivity index (χ3v) is 4.35. The molecule has 3 aromatic carbocycles. The molecule has 29 heavy (non-hydrogen) atoms. The van der Waals surface area contributed by atoms with E-state index in [0.29, 0.717) is 28.4 Å². The van der Waals surface area contributed by atoms with Crippen LogP contribution in [0.15, 0.2) is 71.1 Å². The quantitative estimate of drug-likeness (QED) is 0.512. The molecule has 1 amide bonds. The van der Waals surface area contributed by atoms with Gasteiger partial charge in [-0.25, -0.2) is 4.98 Å². The zero-order chi connectivity index (χ0) is 20.2. The summed E-state index contributed by atoms with van der Waals surface area (Å²) in [6, 6.07) is 20.4. The molecule has 0 aliphatic rings. The number of carbonyl (C=O) groups excluding carboxylic acids is 1. The van der Waals surface area contributed by atoms with Crippen LogP contribution in [0.4, 0.5) is 5.69 Å². The number of hydrogen-bond acceptors (Lipinski definition) is 5. The van der Waals surface area contributed by atoms with Crippen molar-refractivity contribution in [3.05, 3.63) is 72.3 Å². The maximum atomic E-state index is 12.2. The van der Waals surface area contributed by atoms with E-state index < -0.39 is 0 Å². The molecular formula is C23H20N2O4. The van der Waals surface area contributed by atoms with Crippen LogP contribution in [0.5, 0.6) is 11.5 Å². The molecule has 6 heteroatoms. The molecule has 0 radical (unpaired) electrons. The number of ether oxygens (including phenoxy) is 2.